The van der Waals surface area contributed by atoms with Gasteiger partial charge in [-0.15, -0.1) is 0 Å². The van der Waals surface area contributed by atoms with Gasteiger partial charge in [0.15, 0.2) is 11.5 Å². The van der Waals surface area contributed by atoms with Gasteiger partial charge in [-0.2, -0.15) is 5.10 Å². The van der Waals surface area contributed by atoms with Crippen LogP contribution in [0.2, 0.25) is 0 Å². The summed E-state index contributed by atoms with van der Waals surface area (Å²) in [7, 11) is 1.61. The van der Waals surface area contributed by atoms with Gasteiger partial charge in [-0.05, 0) is 67.8 Å². The average Bonchev–Trinajstić information content (AvgIpc) is 2.89. The topological polar surface area (TPSA) is 93.1 Å². The molecule has 2 heterocycles. The molecule has 2 aromatic carbocycles. The third-order valence-corrected chi connectivity index (χ3v) is 5.57. The number of hydrogen-bond donors (Lipinski definition) is 1. The zero-order chi connectivity index (χ0) is 24.6. The number of hydrazone groups is 1. The number of carbonyl (C=O) groups is 2. The number of amides is 2. The van der Waals surface area contributed by atoms with E-state index in [1.54, 1.807) is 37.6 Å². The fourth-order valence-corrected chi connectivity index (χ4v) is 3.87. The highest BCUT2D eigenvalue weighted by Crippen LogP contribution is 2.29. The Labute approximate surface area is 204 Å². The van der Waals surface area contributed by atoms with Crippen LogP contribution in [0, 0.1) is 0 Å². The zero-order valence-electron chi connectivity index (χ0n) is 19.9. The molecular weight excluding hydrogens is 444 g/mol. The van der Waals surface area contributed by atoms with Crippen molar-refractivity contribution >= 4 is 23.2 Å². The Morgan fingerprint density at radius 3 is 2.74 bits per heavy atom. The second kappa shape index (κ2) is 11.3. The Hall–Kier alpha value is -4.20. The summed E-state index contributed by atoms with van der Waals surface area (Å²) in [4.78, 5) is 29.4. The summed E-state index contributed by atoms with van der Waals surface area (Å²) in [6, 6.07) is 16.4. The standard InChI is InChI=1S/C27H28N4O4/c1-3-35-25-17-20(11-12-24(25)34-2)23-10-6-14-31(30-23)26(32)16-19-7-4-9-22(15-19)29-27(33)21-8-5-13-28-18-21/h4-5,7-9,11-13,15,17-18H,3,6,10,14,16H2,1-2H3,(H,29,33). The molecule has 0 saturated heterocycles. The van der Waals surface area contributed by atoms with Crippen molar-refractivity contribution in [1.29, 1.82) is 0 Å². The highest BCUT2D eigenvalue weighted by molar-refractivity contribution is 6.04. The molecule has 4 rings (SSSR count). The summed E-state index contributed by atoms with van der Waals surface area (Å²) in [6.07, 6.45) is 4.90. The van der Waals surface area contributed by atoms with E-state index in [9.17, 15) is 9.59 Å². The summed E-state index contributed by atoms with van der Waals surface area (Å²) < 4.78 is 11.1. The van der Waals surface area contributed by atoms with Gasteiger partial charge in [0, 0.05) is 30.2 Å². The minimum atomic E-state index is -0.252. The molecule has 8 nitrogen and oxygen atoms in total. The minimum absolute atomic E-state index is 0.100. The van der Waals surface area contributed by atoms with Crippen molar-refractivity contribution in [2.75, 3.05) is 25.6 Å². The van der Waals surface area contributed by atoms with E-state index in [0.717, 1.165) is 29.7 Å². The first kappa shape index (κ1) is 23.9. The molecule has 0 atom stereocenters. The normalized spacial score (nSPS) is 13.1. The molecule has 180 valence electrons. The maximum Gasteiger partial charge on any atom is 0.257 e. The van der Waals surface area contributed by atoms with Crippen LogP contribution in [0.1, 0.15) is 41.3 Å². The largest absolute Gasteiger partial charge is 0.493 e. The molecule has 3 aromatic rings. The molecule has 0 radical (unpaired) electrons. The second-order valence-corrected chi connectivity index (χ2v) is 8.04. The van der Waals surface area contributed by atoms with Gasteiger partial charge < -0.3 is 14.8 Å². The minimum Gasteiger partial charge on any atom is -0.493 e. The number of rotatable bonds is 8. The number of methoxy groups -OCH3 is 1. The molecule has 0 saturated carbocycles. The monoisotopic (exact) mass is 472 g/mol. The lowest BCUT2D eigenvalue weighted by Crippen LogP contribution is -2.33. The predicted octanol–water partition coefficient (Wildman–Crippen LogP) is 4.31. The third kappa shape index (κ3) is 6.03. The molecule has 0 aliphatic carbocycles. The fraction of sp³-hybridized carbons (Fsp3) is 0.259. The first-order valence-corrected chi connectivity index (χ1v) is 11.6. The lowest BCUT2D eigenvalue weighted by Gasteiger charge is -2.24. The van der Waals surface area contributed by atoms with E-state index >= 15 is 0 Å². The van der Waals surface area contributed by atoms with E-state index in [1.807, 2.05) is 37.3 Å². The van der Waals surface area contributed by atoms with E-state index < -0.39 is 0 Å². The molecule has 0 spiro atoms. The van der Waals surface area contributed by atoms with Crippen LogP contribution in [-0.4, -0.2) is 47.8 Å². The molecule has 0 fully saturated rings. The van der Waals surface area contributed by atoms with E-state index in [1.165, 1.54) is 11.2 Å². The summed E-state index contributed by atoms with van der Waals surface area (Å²) >= 11 is 0. The van der Waals surface area contributed by atoms with Gasteiger partial charge >= 0.3 is 0 Å². The molecule has 0 bridgehead atoms. The molecule has 1 N–H and O–H groups in total. The van der Waals surface area contributed by atoms with E-state index in [-0.39, 0.29) is 18.2 Å². The molecule has 2 amide bonds. The second-order valence-electron chi connectivity index (χ2n) is 8.04. The van der Waals surface area contributed by atoms with Gasteiger partial charge in [0.1, 0.15) is 0 Å². The average molecular weight is 473 g/mol. The smallest absolute Gasteiger partial charge is 0.257 e. The van der Waals surface area contributed by atoms with Crippen LogP contribution in [0.5, 0.6) is 11.5 Å². The van der Waals surface area contributed by atoms with E-state index in [2.05, 4.69) is 15.4 Å². The number of anilines is 1. The molecule has 1 aliphatic rings. The van der Waals surface area contributed by atoms with E-state index in [0.29, 0.717) is 35.9 Å². The first-order chi connectivity index (χ1) is 17.1. The van der Waals surface area contributed by atoms with Crippen LogP contribution in [-0.2, 0) is 11.2 Å². The van der Waals surface area contributed by atoms with Crippen LogP contribution in [0.4, 0.5) is 5.69 Å². The first-order valence-electron chi connectivity index (χ1n) is 11.6. The Morgan fingerprint density at radius 2 is 1.97 bits per heavy atom. The molecule has 8 heteroatoms. The lowest BCUT2D eigenvalue weighted by atomic mass is 10.0. The van der Waals surface area contributed by atoms with Crippen molar-refractivity contribution in [3.8, 4) is 11.5 Å². The van der Waals surface area contributed by atoms with Gasteiger partial charge in [0.2, 0.25) is 5.91 Å². The van der Waals surface area contributed by atoms with Crippen molar-refractivity contribution < 1.29 is 19.1 Å². The van der Waals surface area contributed by atoms with Crippen molar-refractivity contribution in [2.24, 2.45) is 5.10 Å². The summed E-state index contributed by atoms with van der Waals surface area (Å²) in [5.41, 5.74) is 3.63. The molecule has 1 aromatic heterocycles. The van der Waals surface area contributed by atoms with Gasteiger partial charge in [-0.1, -0.05) is 12.1 Å². The summed E-state index contributed by atoms with van der Waals surface area (Å²) in [5, 5.41) is 9.03. The van der Waals surface area contributed by atoms with Gasteiger partial charge in [0.05, 0.1) is 31.4 Å². The van der Waals surface area contributed by atoms with Gasteiger partial charge in [-0.3, -0.25) is 14.6 Å². The van der Waals surface area contributed by atoms with Gasteiger partial charge in [-0.25, -0.2) is 5.01 Å². The van der Waals surface area contributed by atoms with E-state index in [4.69, 9.17) is 9.47 Å². The van der Waals surface area contributed by atoms with Crippen molar-refractivity contribution in [3.63, 3.8) is 0 Å². The lowest BCUT2D eigenvalue weighted by molar-refractivity contribution is -0.130. The number of ether oxygens (including phenoxy) is 2. The Kier molecular flexibility index (Phi) is 7.72. The third-order valence-electron chi connectivity index (χ3n) is 5.57. The maximum absolute atomic E-state index is 13.0. The zero-order valence-corrected chi connectivity index (χ0v) is 19.9. The fourth-order valence-electron chi connectivity index (χ4n) is 3.87. The molecule has 0 unspecified atom stereocenters. The number of nitrogens with one attached hydrogen (secondary N) is 1. The summed E-state index contributed by atoms with van der Waals surface area (Å²) in [5.74, 6) is 0.966. The Bertz CT molecular complexity index is 1230. The number of aromatic nitrogens is 1. The predicted molar refractivity (Wildman–Crippen MR) is 134 cm³/mol. The van der Waals surface area contributed by atoms with Crippen molar-refractivity contribution in [1.82, 2.24) is 9.99 Å². The highest BCUT2D eigenvalue weighted by Gasteiger charge is 2.21. The SMILES string of the molecule is CCOc1cc(C2=NN(C(=O)Cc3cccc(NC(=O)c4cccnc4)c3)CCC2)ccc1OC. The Balaban J connectivity index is 1.45. The van der Waals surface area contributed by atoms with Crippen molar-refractivity contribution in [3.05, 3.63) is 83.7 Å². The van der Waals surface area contributed by atoms with Crippen molar-refractivity contribution in [2.45, 2.75) is 26.2 Å². The molecule has 1 aliphatic heterocycles. The van der Waals surface area contributed by atoms with Crippen LogP contribution in [0.15, 0.2) is 72.1 Å². The number of benzene rings is 2. The van der Waals surface area contributed by atoms with Gasteiger partial charge in [0.25, 0.3) is 5.91 Å². The summed E-state index contributed by atoms with van der Waals surface area (Å²) in [6.45, 7) is 3.01. The number of nitrogens with zero attached hydrogens (tertiary/aromatic N) is 3. The van der Waals surface area contributed by atoms with Crippen LogP contribution in [0.3, 0.4) is 0 Å². The van der Waals surface area contributed by atoms with Crippen LogP contribution in [0.25, 0.3) is 0 Å². The van der Waals surface area contributed by atoms with Crippen LogP contribution < -0.4 is 14.8 Å². The molecule has 35 heavy (non-hydrogen) atoms. The van der Waals surface area contributed by atoms with Crippen LogP contribution >= 0.6 is 0 Å². The number of carbonyl (C=O) groups excluding carboxylic acids is 2. The quantitative estimate of drug-likeness (QED) is 0.527. The number of hydrogen-bond acceptors (Lipinski definition) is 6. The number of pyridine rings is 1. The highest BCUT2D eigenvalue weighted by atomic mass is 16.5. The Morgan fingerprint density at radius 1 is 1.09 bits per heavy atom. The maximum atomic E-state index is 13.0. The molecular formula is C27H28N4O4.